The lowest BCUT2D eigenvalue weighted by atomic mass is 10.2. The number of halogens is 1. The van der Waals surface area contributed by atoms with Crippen LogP contribution in [0.3, 0.4) is 0 Å². The molecule has 1 amide bonds. The third kappa shape index (κ3) is 12.0. The van der Waals surface area contributed by atoms with Crippen LogP contribution >= 0.6 is 24.0 Å². The monoisotopic (exact) mass is 382 g/mol. The molecular formula is C13H27IN4O. The number of rotatable bonds is 6. The van der Waals surface area contributed by atoms with Crippen molar-refractivity contribution in [3.8, 4) is 0 Å². The molecule has 0 fully saturated rings. The topological polar surface area (TPSA) is 56.7 Å². The van der Waals surface area contributed by atoms with Crippen LogP contribution in [0.4, 0.5) is 0 Å². The molecule has 0 saturated heterocycles. The van der Waals surface area contributed by atoms with Gasteiger partial charge in [0.1, 0.15) is 6.54 Å². The summed E-state index contributed by atoms with van der Waals surface area (Å²) in [5, 5.41) is 6.33. The molecule has 0 unspecified atom stereocenters. The van der Waals surface area contributed by atoms with Crippen molar-refractivity contribution in [1.82, 2.24) is 15.5 Å². The second kappa shape index (κ2) is 11.1. The zero-order chi connectivity index (χ0) is 14.1. The van der Waals surface area contributed by atoms with Crippen LogP contribution in [0.1, 0.15) is 20.8 Å². The summed E-state index contributed by atoms with van der Waals surface area (Å²) in [7, 11) is 3.45. The second-order valence-electron chi connectivity index (χ2n) is 5.04. The van der Waals surface area contributed by atoms with E-state index in [-0.39, 0.29) is 36.4 Å². The lowest BCUT2D eigenvalue weighted by Gasteiger charge is -2.15. The lowest BCUT2D eigenvalue weighted by Crippen LogP contribution is -2.40. The van der Waals surface area contributed by atoms with Crippen molar-refractivity contribution >= 4 is 35.8 Å². The predicted octanol–water partition coefficient (Wildman–Crippen LogP) is 1.46. The number of aliphatic imine (C=N–C) groups is 1. The van der Waals surface area contributed by atoms with Gasteiger partial charge in [-0.25, -0.2) is 4.99 Å². The summed E-state index contributed by atoms with van der Waals surface area (Å²) < 4.78 is 0. The van der Waals surface area contributed by atoms with Crippen LogP contribution < -0.4 is 10.6 Å². The number of guanidine groups is 1. The molecule has 0 radical (unpaired) electrons. The van der Waals surface area contributed by atoms with Crippen molar-refractivity contribution in [2.24, 2.45) is 10.9 Å². The van der Waals surface area contributed by atoms with Crippen molar-refractivity contribution in [1.29, 1.82) is 0 Å². The molecule has 19 heavy (non-hydrogen) atoms. The van der Waals surface area contributed by atoms with Crippen LogP contribution in [0.15, 0.2) is 17.1 Å². The Hall–Kier alpha value is -0.790. The molecule has 0 aromatic heterocycles. The van der Waals surface area contributed by atoms with Gasteiger partial charge in [-0.3, -0.25) is 4.79 Å². The molecule has 0 saturated carbocycles. The first-order valence-electron chi connectivity index (χ1n) is 6.19. The van der Waals surface area contributed by atoms with Gasteiger partial charge in [-0.15, -0.1) is 24.0 Å². The van der Waals surface area contributed by atoms with E-state index in [4.69, 9.17) is 0 Å². The van der Waals surface area contributed by atoms with Gasteiger partial charge in [-0.1, -0.05) is 26.0 Å². The summed E-state index contributed by atoms with van der Waals surface area (Å²) in [5.41, 5.74) is 1.02. The average Bonchev–Trinajstić information content (AvgIpc) is 2.26. The van der Waals surface area contributed by atoms with E-state index >= 15 is 0 Å². The van der Waals surface area contributed by atoms with E-state index in [1.165, 1.54) is 4.90 Å². The highest BCUT2D eigenvalue weighted by Crippen LogP contribution is 1.89. The highest BCUT2D eigenvalue weighted by atomic mass is 127. The van der Waals surface area contributed by atoms with Crippen molar-refractivity contribution in [3.05, 3.63) is 12.2 Å². The smallest absolute Gasteiger partial charge is 0.243 e. The quantitative estimate of drug-likeness (QED) is 0.317. The number of amides is 1. The van der Waals surface area contributed by atoms with Gasteiger partial charge in [0.25, 0.3) is 0 Å². The maximum Gasteiger partial charge on any atom is 0.243 e. The number of carbonyl (C=O) groups is 1. The molecule has 0 bridgehead atoms. The normalized spacial score (nSPS) is 10.7. The minimum Gasteiger partial charge on any atom is -0.356 e. The number of nitrogens with zero attached hydrogens (tertiary/aromatic N) is 2. The molecule has 0 aromatic rings. The average molecular weight is 382 g/mol. The van der Waals surface area contributed by atoms with Crippen molar-refractivity contribution in [2.45, 2.75) is 20.8 Å². The molecule has 0 rings (SSSR count). The zero-order valence-electron chi connectivity index (χ0n) is 12.6. The first-order valence-corrected chi connectivity index (χ1v) is 6.19. The molecule has 0 heterocycles. The van der Waals surface area contributed by atoms with E-state index in [1.807, 2.05) is 6.92 Å². The maximum absolute atomic E-state index is 11.5. The summed E-state index contributed by atoms with van der Waals surface area (Å²) in [4.78, 5) is 17.3. The highest BCUT2D eigenvalue weighted by Gasteiger charge is 2.04. The van der Waals surface area contributed by atoms with Crippen LogP contribution in [-0.2, 0) is 4.79 Å². The van der Waals surface area contributed by atoms with E-state index < -0.39 is 0 Å². The third-order valence-electron chi connectivity index (χ3n) is 2.11. The highest BCUT2D eigenvalue weighted by molar-refractivity contribution is 14.0. The van der Waals surface area contributed by atoms with Crippen molar-refractivity contribution < 1.29 is 4.79 Å². The summed E-state index contributed by atoms with van der Waals surface area (Å²) in [6.45, 7) is 11.6. The molecule has 6 heteroatoms. The van der Waals surface area contributed by atoms with Crippen LogP contribution in [-0.4, -0.2) is 50.5 Å². The number of hydrogen-bond donors (Lipinski definition) is 2. The van der Waals surface area contributed by atoms with Gasteiger partial charge in [0.2, 0.25) is 5.91 Å². The van der Waals surface area contributed by atoms with E-state index in [0.29, 0.717) is 18.4 Å². The van der Waals surface area contributed by atoms with Crippen LogP contribution in [0.5, 0.6) is 0 Å². The fraction of sp³-hybridized carbons (Fsp3) is 0.692. The Balaban J connectivity index is 0. The van der Waals surface area contributed by atoms with Gasteiger partial charge < -0.3 is 15.5 Å². The Labute approximate surface area is 133 Å². The van der Waals surface area contributed by atoms with Crippen LogP contribution in [0.2, 0.25) is 0 Å². The summed E-state index contributed by atoms with van der Waals surface area (Å²) in [5.74, 6) is 1.16. The van der Waals surface area contributed by atoms with E-state index in [1.54, 1.807) is 14.1 Å². The van der Waals surface area contributed by atoms with E-state index in [0.717, 1.165) is 12.1 Å². The summed E-state index contributed by atoms with van der Waals surface area (Å²) in [6, 6.07) is 0. The van der Waals surface area contributed by atoms with Gasteiger partial charge in [-0.2, -0.15) is 0 Å². The molecule has 0 aromatic carbocycles. The molecule has 0 spiro atoms. The third-order valence-corrected chi connectivity index (χ3v) is 2.11. The number of hydrogen-bond acceptors (Lipinski definition) is 2. The van der Waals surface area contributed by atoms with Gasteiger partial charge in [-0.05, 0) is 12.8 Å². The minimum absolute atomic E-state index is 0. The molecule has 0 aliphatic heterocycles. The van der Waals surface area contributed by atoms with Crippen molar-refractivity contribution in [2.75, 3.05) is 33.7 Å². The van der Waals surface area contributed by atoms with Crippen LogP contribution in [0.25, 0.3) is 0 Å². The largest absolute Gasteiger partial charge is 0.356 e. The maximum atomic E-state index is 11.5. The molecular weight excluding hydrogens is 355 g/mol. The Morgan fingerprint density at radius 2 is 1.89 bits per heavy atom. The van der Waals surface area contributed by atoms with Crippen LogP contribution in [0, 0.1) is 5.92 Å². The number of likely N-dealkylation sites (N-methyl/N-ethyl adjacent to an activating group) is 1. The fourth-order valence-corrected chi connectivity index (χ4v) is 0.998. The van der Waals surface area contributed by atoms with Gasteiger partial charge in [0, 0.05) is 27.2 Å². The molecule has 112 valence electrons. The van der Waals surface area contributed by atoms with E-state index in [9.17, 15) is 4.79 Å². The molecule has 0 atom stereocenters. The molecule has 0 aliphatic carbocycles. The van der Waals surface area contributed by atoms with E-state index in [2.05, 4.69) is 36.1 Å². The molecule has 0 aliphatic rings. The number of carbonyl (C=O) groups excluding carboxylic acids is 1. The molecule has 2 N–H and O–H groups in total. The Kier molecular flexibility index (Phi) is 12.0. The first-order chi connectivity index (χ1) is 8.32. The fourth-order valence-electron chi connectivity index (χ4n) is 0.998. The van der Waals surface area contributed by atoms with Gasteiger partial charge >= 0.3 is 0 Å². The standard InChI is InChI=1S/C13H26N4O.HI/c1-10(2)7-14-13(15-8-11(3)4)16-9-12(18)17(5)6;/h11H,1,7-9H2,2-6H3,(H2,14,15,16);1H. The Morgan fingerprint density at radius 3 is 2.32 bits per heavy atom. The Bertz CT molecular complexity index is 314. The second-order valence-corrected chi connectivity index (χ2v) is 5.04. The Morgan fingerprint density at radius 1 is 1.32 bits per heavy atom. The lowest BCUT2D eigenvalue weighted by molar-refractivity contribution is -0.127. The van der Waals surface area contributed by atoms with Gasteiger partial charge in [0.15, 0.2) is 5.96 Å². The predicted molar refractivity (Wildman–Crippen MR) is 92.1 cm³/mol. The summed E-state index contributed by atoms with van der Waals surface area (Å²) in [6.07, 6.45) is 0. The van der Waals surface area contributed by atoms with Gasteiger partial charge in [0.05, 0.1) is 0 Å². The first kappa shape index (κ1) is 20.5. The van der Waals surface area contributed by atoms with Crippen molar-refractivity contribution in [3.63, 3.8) is 0 Å². The zero-order valence-corrected chi connectivity index (χ0v) is 14.9. The minimum atomic E-state index is -0.0176. The molecule has 5 nitrogen and oxygen atoms in total. The SMILES string of the molecule is C=C(C)CNC(=NCC(=O)N(C)C)NCC(C)C.I. The summed E-state index contributed by atoms with van der Waals surface area (Å²) >= 11 is 0. The number of nitrogens with one attached hydrogen (secondary N) is 2.